The van der Waals surface area contributed by atoms with Crippen LogP contribution in [0.25, 0.3) is 0 Å². The second-order valence-corrected chi connectivity index (χ2v) is 4.21. The van der Waals surface area contributed by atoms with Crippen LogP contribution in [0.4, 0.5) is 0 Å². The first kappa shape index (κ1) is 13.1. The number of nitrogens with two attached hydrogens (primary N) is 1. The summed E-state index contributed by atoms with van der Waals surface area (Å²) in [5.41, 5.74) is 5.91. The summed E-state index contributed by atoms with van der Waals surface area (Å²) in [4.78, 5) is 4.18. The lowest BCUT2D eigenvalue weighted by Crippen LogP contribution is -2.49. The predicted octanol–water partition coefficient (Wildman–Crippen LogP) is 0.890. The van der Waals surface area contributed by atoms with Crippen LogP contribution in [0.15, 0.2) is 6.33 Å². The molecule has 0 amide bonds. The van der Waals surface area contributed by atoms with Crippen LogP contribution in [0, 0.1) is 0 Å². The molecule has 2 atom stereocenters. The number of rotatable bonds is 6. The van der Waals surface area contributed by atoms with Gasteiger partial charge in [0.25, 0.3) is 0 Å². The lowest BCUT2D eigenvalue weighted by molar-refractivity contribution is -0.0466. The number of hydrogen-bond acceptors (Lipinski definition) is 4. The normalized spacial score (nSPS) is 17.1. The molecule has 2 unspecified atom stereocenters. The lowest BCUT2D eigenvalue weighted by atomic mass is 9.91. The number of hydrogen-bond donors (Lipinski definition) is 1. The first-order chi connectivity index (χ1) is 7.53. The summed E-state index contributed by atoms with van der Waals surface area (Å²) < 4.78 is 7.50. The van der Waals surface area contributed by atoms with Crippen molar-refractivity contribution >= 4 is 0 Å². The van der Waals surface area contributed by atoms with Crippen LogP contribution in [0.2, 0.25) is 0 Å². The monoisotopic (exact) mass is 226 g/mol. The average Bonchev–Trinajstić information content (AvgIpc) is 2.64. The van der Waals surface area contributed by atoms with E-state index in [-0.39, 0.29) is 11.6 Å². The summed E-state index contributed by atoms with van der Waals surface area (Å²) >= 11 is 0. The smallest absolute Gasteiger partial charge is 0.138 e. The van der Waals surface area contributed by atoms with Crippen molar-refractivity contribution in [1.29, 1.82) is 0 Å². The molecule has 5 nitrogen and oxygen atoms in total. The molecule has 0 aliphatic rings. The zero-order chi connectivity index (χ0) is 12.2. The fourth-order valence-corrected chi connectivity index (χ4v) is 1.72. The standard InChI is InChI=1S/C11H22N4O/c1-5-11(3,16-6-2)9(12)7-10-13-8-14-15(10)4/h8-9H,5-7,12H2,1-4H3. The molecule has 0 aromatic carbocycles. The SMILES string of the molecule is CCOC(C)(CC)C(N)Cc1ncnn1C. The van der Waals surface area contributed by atoms with Crippen LogP contribution >= 0.6 is 0 Å². The van der Waals surface area contributed by atoms with E-state index < -0.39 is 0 Å². The van der Waals surface area contributed by atoms with Crippen molar-refractivity contribution in [2.45, 2.75) is 45.3 Å². The molecule has 0 saturated heterocycles. The second-order valence-electron chi connectivity index (χ2n) is 4.21. The third kappa shape index (κ3) is 2.80. The van der Waals surface area contributed by atoms with E-state index in [0.717, 1.165) is 12.2 Å². The highest BCUT2D eigenvalue weighted by atomic mass is 16.5. The van der Waals surface area contributed by atoms with E-state index in [9.17, 15) is 0 Å². The van der Waals surface area contributed by atoms with Crippen LogP contribution in [0.3, 0.4) is 0 Å². The third-order valence-corrected chi connectivity index (χ3v) is 3.17. The topological polar surface area (TPSA) is 66.0 Å². The average molecular weight is 226 g/mol. The van der Waals surface area contributed by atoms with Crippen molar-refractivity contribution in [2.75, 3.05) is 6.61 Å². The first-order valence-corrected chi connectivity index (χ1v) is 5.76. The highest BCUT2D eigenvalue weighted by molar-refractivity contribution is 4.96. The Morgan fingerprint density at radius 2 is 2.25 bits per heavy atom. The van der Waals surface area contributed by atoms with Gasteiger partial charge in [-0.25, -0.2) is 4.98 Å². The highest BCUT2D eigenvalue weighted by Gasteiger charge is 2.31. The first-order valence-electron chi connectivity index (χ1n) is 5.76. The largest absolute Gasteiger partial charge is 0.374 e. The van der Waals surface area contributed by atoms with Gasteiger partial charge in [0.2, 0.25) is 0 Å². The van der Waals surface area contributed by atoms with Crippen molar-refractivity contribution in [3.05, 3.63) is 12.2 Å². The molecule has 0 bridgehead atoms. The molecular formula is C11H22N4O. The molecule has 5 heteroatoms. The molecule has 0 spiro atoms. The van der Waals surface area contributed by atoms with Gasteiger partial charge in [0, 0.05) is 26.1 Å². The van der Waals surface area contributed by atoms with Crippen LogP contribution in [-0.2, 0) is 18.2 Å². The molecule has 0 fully saturated rings. The van der Waals surface area contributed by atoms with Gasteiger partial charge < -0.3 is 10.5 Å². The molecule has 92 valence electrons. The van der Waals surface area contributed by atoms with Gasteiger partial charge in [0.15, 0.2) is 0 Å². The maximum absolute atomic E-state index is 6.20. The van der Waals surface area contributed by atoms with Crippen LogP contribution in [0.1, 0.15) is 33.0 Å². The lowest BCUT2D eigenvalue weighted by Gasteiger charge is -2.34. The molecule has 1 aromatic heterocycles. The Bertz CT molecular complexity index is 326. The summed E-state index contributed by atoms with van der Waals surface area (Å²) in [6, 6.07) is -0.0691. The van der Waals surface area contributed by atoms with E-state index in [2.05, 4.69) is 23.9 Å². The number of aromatic nitrogens is 3. The molecule has 1 aromatic rings. The second kappa shape index (κ2) is 5.41. The van der Waals surface area contributed by atoms with Crippen molar-refractivity contribution < 1.29 is 4.74 Å². The zero-order valence-corrected chi connectivity index (χ0v) is 10.6. The van der Waals surface area contributed by atoms with E-state index in [1.54, 1.807) is 11.0 Å². The van der Waals surface area contributed by atoms with E-state index in [1.165, 1.54) is 0 Å². The number of nitrogens with zero attached hydrogens (tertiary/aromatic N) is 3. The van der Waals surface area contributed by atoms with Crippen molar-refractivity contribution in [1.82, 2.24) is 14.8 Å². The van der Waals surface area contributed by atoms with Gasteiger partial charge >= 0.3 is 0 Å². The molecule has 16 heavy (non-hydrogen) atoms. The van der Waals surface area contributed by atoms with E-state index in [4.69, 9.17) is 10.5 Å². The van der Waals surface area contributed by atoms with E-state index in [1.807, 2.05) is 14.0 Å². The maximum atomic E-state index is 6.20. The molecule has 0 saturated carbocycles. The van der Waals surface area contributed by atoms with Gasteiger partial charge in [-0.3, -0.25) is 4.68 Å². The summed E-state index contributed by atoms with van der Waals surface area (Å²) in [6.45, 7) is 6.81. The quantitative estimate of drug-likeness (QED) is 0.782. The summed E-state index contributed by atoms with van der Waals surface area (Å²) in [5.74, 6) is 0.895. The Hall–Kier alpha value is -0.940. The number of aryl methyl sites for hydroxylation is 1. The summed E-state index contributed by atoms with van der Waals surface area (Å²) in [6.07, 6.45) is 3.12. The van der Waals surface area contributed by atoms with Crippen molar-refractivity contribution in [3.63, 3.8) is 0 Å². The molecule has 0 radical (unpaired) electrons. The third-order valence-electron chi connectivity index (χ3n) is 3.17. The van der Waals surface area contributed by atoms with Crippen molar-refractivity contribution in [3.8, 4) is 0 Å². The Morgan fingerprint density at radius 3 is 2.69 bits per heavy atom. The van der Waals surface area contributed by atoms with Gasteiger partial charge in [-0.2, -0.15) is 5.10 Å². The Balaban J connectivity index is 2.69. The molecule has 0 aliphatic heterocycles. The van der Waals surface area contributed by atoms with Gasteiger partial charge in [-0.05, 0) is 20.3 Å². The summed E-state index contributed by atoms with van der Waals surface area (Å²) in [7, 11) is 1.87. The van der Waals surface area contributed by atoms with Crippen LogP contribution < -0.4 is 5.73 Å². The fraction of sp³-hybridized carbons (Fsp3) is 0.818. The maximum Gasteiger partial charge on any atom is 0.138 e. The minimum absolute atomic E-state index is 0.0691. The Kier molecular flexibility index (Phi) is 4.44. The van der Waals surface area contributed by atoms with Crippen LogP contribution in [-0.4, -0.2) is 33.0 Å². The van der Waals surface area contributed by atoms with E-state index in [0.29, 0.717) is 13.0 Å². The molecular weight excluding hydrogens is 204 g/mol. The molecule has 0 aliphatic carbocycles. The van der Waals surface area contributed by atoms with E-state index >= 15 is 0 Å². The fourth-order valence-electron chi connectivity index (χ4n) is 1.72. The molecule has 2 N–H and O–H groups in total. The van der Waals surface area contributed by atoms with Gasteiger partial charge in [-0.1, -0.05) is 6.92 Å². The van der Waals surface area contributed by atoms with Crippen LogP contribution in [0.5, 0.6) is 0 Å². The highest BCUT2D eigenvalue weighted by Crippen LogP contribution is 2.20. The number of ether oxygens (including phenoxy) is 1. The van der Waals surface area contributed by atoms with Crippen molar-refractivity contribution in [2.24, 2.45) is 12.8 Å². The predicted molar refractivity (Wildman–Crippen MR) is 63.0 cm³/mol. The Morgan fingerprint density at radius 1 is 1.56 bits per heavy atom. The Labute approximate surface area is 97.0 Å². The van der Waals surface area contributed by atoms with Gasteiger partial charge in [0.1, 0.15) is 12.2 Å². The molecule has 1 rings (SSSR count). The van der Waals surface area contributed by atoms with Gasteiger partial charge in [0.05, 0.1) is 5.60 Å². The van der Waals surface area contributed by atoms with Gasteiger partial charge in [-0.15, -0.1) is 0 Å². The minimum Gasteiger partial charge on any atom is -0.374 e. The zero-order valence-electron chi connectivity index (χ0n) is 10.6. The minimum atomic E-state index is -0.291. The summed E-state index contributed by atoms with van der Waals surface area (Å²) in [5, 5.41) is 4.03. The molecule has 1 heterocycles.